The summed E-state index contributed by atoms with van der Waals surface area (Å²) < 4.78 is 1.73. The van der Waals surface area contributed by atoms with Crippen LogP contribution in [0, 0.1) is 12.8 Å². The van der Waals surface area contributed by atoms with Crippen LogP contribution >= 0.6 is 11.6 Å². The molecule has 0 radical (unpaired) electrons. The second-order valence-electron chi connectivity index (χ2n) is 5.00. The minimum Gasteiger partial charge on any atom is -0.271 e. The quantitative estimate of drug-likeness (QED) is 0.640. The Morgan fingerprint density at radius 1 is 1.53 bits per heavy atom. The lowest BCUT2D eigenvalue weighted by molar-refractivity contribution is 0.361. The molecule has 0 spiro atoms. The van der Waals surface area contributed by atoms with Crippen LogP contribution in [0.3, 0.4) is 0 Å². The predicted octanol–water partition coefficient (Wildman–Crippen LogP) is 1.95. The fraction of sp³-hybridized carbons (Fsp3) is 0.750. The minimum absolute atomic E-state index is 0.318. The number of nitrogens with two attached hydrogens (primary N) is 1. The Morgan fingerprint density at radius 3 is 2.65 bits per heavy atom. The Labute approximate surface area is 107 Å². The average molecular weight is 257 g/mol. The van der Waals surface area contributed by atoms with Gasteiger partial charge in [-0.25, -0.2) is 0 Å². The first-order valence-corrected chi connectivity index (χ1v) is 6.65. The van der Waals surface area contributed by atoms with Gasteiger partial charge in [0.25, 0.3) is 0 Å². The molecule has 1 fully saturated rings. The van der Waals surface area contributed by atoms with Crippen molar-refractivity contribution in [2.75, 3.05) is 0 Å². The Balaban J connectivity index is 2.12. The second-order valence-corrected chi connectivity index (χ2v) is 5.36. The summed E-state index contributed by atoms with van der Waals surface area (Å²) >= 11 is 6.25. The van der Waals surface area contributed by atoms with Crippen LogP contribution in [0.1, 0.15) is 36.9 Å². The third-order valence-corrected chi connectivity index (χ3v) is 4.35. The number of aromatic nitrogens is 2. The fourth-order valence-corrected chi connectivity index (χ4v) is 3.10. The van der Waals surface area contributed by atoms with Crippen molar-refractivity contribution in [3.63, 3.8) is 0 Å². The van der Waals surface area contributed by atoms with Crippen LogP contribution in [0.2, 0.25) is 5.15 Å². The molecule has 1 aromatic heterocycles. The number of halogens is 1. The highest BCUT2D eigenvalue weighted by molar-refractivity contribution is 6.30. The summed E-state index contributed by atoms with van der Waals surface area (Å²) in [5, 5.41) is 5.08. The lowest BCUT2D eigenvalue weighted by atomic mass is 9.93. The van der Waals surface area contributed by atoms with Crippen molar-refractivity contribution in [3.05, 3.63) is 16.4 Å². The molecule has 3 N–H and O–H groups in total. The van der Waals surface area contributed by atoms with Crippen molar-refractivity contribution >= 4 is 11.6 Å². The largest absolute Gasteiger partial charge is 0.271 e. The van der Waals surface area contributed by atoms with E-state index in [4.69, 9.17) is 17.4 Å². The molecular formula is C12H21ClN4. The van der Waals surface area contributed by atoms with Gasteiger partial charge in [0.15, 0.2) is 0 Å². The monoisotopic (exact) mass is 256 g/mol. The molecule has 4 nitrogen and oxygen atoms in total. The van der Waals surface area contributed by atoms with E-state index in [-0.39, 0.29) is 0 Å². The summed E-state index contributed by atoms with van der Waals surface area (Å²) in [5.74, 6) is 6.36. The van der Waals surface area contributed by atoms with Gasteiger partial charge in [-0.1, -0.05) is 24.4 Å². The van der Waals surface area contributed by atoms with Crippen LogP contribution in [0.25, 0.3) is 0 Å². The molecule has 0 aliphatic heterocycles. The Hall–Kier alpha value is -0.580. The number of hydrogen-bond acceptors (Lipinski definition) is 3. The van der Waals surface area contributed by atoms with Crippen molar-refractivity contribution in [1.29, 1.82) is 0 Å². The smallest absolute Gasteiger partial charge is 0.130 e. The van der Waals surface area contributed by atoms with E-state index in [9.17, 15) is 0 Å². The van der Waals surface area contributed by atoms with Crippen molar-refractivity contribution in [3.8, 4) is 0 Å². The SMILES string of the molecule is Cc1nn(C)c(Cl)c1CC(NN)C1CCCC1. The van der Waals surface area contributed by atoms with E-state index in [1.807, 2.05) is 14.0 Å². The number of nitrogens with zero attached hydrogens (tertiary/aromatic N) is 2. The molecule has 1 atom stereocenters. The van der Waals surface area contributed by atoms with Crippen LogP contribution < -0.4 is 11.3 Å². The number of hydrazine groups is 1. The van der Waals surface area contributed by atoms with Gasteiger partial charge in [0.1, 0.15) is 5.15 Å². The maximum Gasteiger partial charge on any atom is 0.130 e. The number of rotatable bonds is 4. The van der Waals surface area contributed by atoms with Gasteiger partial charge >= 0.3 is 0 Å². The summed E-state index contributed by atoms with van der Waals surface area (Å²) in [6, 6.07) is 0.318. The maximum absolute atomic E-state index is 6.25. The molecule has 1 unspecified atom stereocenters. The van der Waals surface area contributed by atoms with Crippen LogP contribution in [-0.4, -0.2) is 15.8 Å². The molecule has 17 heavy (non-hydrogen) atoms. The first-order chi connectivity index (χ1) is 8.13. The van der Waals surface area contributed by atoms with Gasteiger partial charge in [-0.15, -0.1) is 0 Å². The molecule has 96 valence electrons. The fourth-order valence-electron chi connectivity index (χ4n) is 2.85. The van der Waals surface area contributed by atoms with Crippen molar-refractivity contribution < 1.29 is 0 Å². The first-order valence-electron chi connectivity index (χ1n) is 6.27. The number of nitrogens with one attached hydrogen (secondary N) is 1. The zero-order chi connectivity index (χ0) is 12.4. The summed E-state index contributed by atoms with van der Waals surface area (Å²) in [6.45, 7) is 2.00. The molecule has 1 aromatic rings. The summed E-state index contributed by atoms with van der Waals surface area (Å²) in [4.78, 5) is 0. The van der Waals surface area contributed by atoms with E-state index in [2.05, 4.69) is 10.5 Å². The normalized spacial score (nSPS) is 18.8. The van der Waals surface area contributed by atoms with E-state index in [1.165, 1.54) is 25.7 Å². The third kappa shape index (κ3) is 2.64. The average Bonchev–Trinajstić information content (AvgIpc) is 2.89. The molecular weight excluding hydrogens is 236 g/mol. The number of aryl methyl sites for hydroxylation is 2. The van der Waals surface area contributed by atoms with Crippen molar-refractivity contribution in [1.82, 2.24) is 15.2 Å². The van der Waals surface area contributed by atoms with Crippen LogP contribution in [0.15, 0.2) is 0 Å². The molecule has 5 heteroatoms. The lowest BCUT2D eigenvalue weighted by Gasteiger charge is -2.22. The first kappa shape index (κ1) is 12.9. The highest BCUT2D eigenvalue weighted by Crippen LogP contribution is 2.30. The molecule has 1 aliphatic rings. The summed E-state index contributed by atoms with van der Waals surface area (Å²) in [7, 11) is 1.87. The van der Waals surface area contributed by atoms with Gasteiger partial charge < -0.3 is 0 Å². The topological polar surface area (TPSA) is 55.9 Å². The van der Waals surface area contributed by atoms with E-state index in [1.54, 1.807) is 4.68 Å². The van der Waals surface area contributed by atoms with Crippen LogP contribution in [0.4, 0.5) is 0 Å². The highest BCUT2D eigenvalue weighted by Gasteiger charge is 2.26. The van der Waals surface area contributed by atoms with Gasteiger partial charge in [-0.05, 0) is 32.1 Å². The van der Waals surface area contributed by atoms with Crippen molar-refractivity contribution in [2.45, 2.75) is 45.1 Å². The minimum atomic E-state index is 0.318. The molecule has 0 amide bonds. The number of hydrogen-bond donors (Lipinski definition) is 2. The maximum atomic E-state index is 6.25. The molecule has 1 heterocycles. The van der Waals surface area contributed by atoms with E-state index in [0.717, 1.165) is 22.8 Å². The Kier molecular flexibility index (Phi) is 4.07. The van der Waals surface area contributed by atoms with Crippen LogP contribution in [-0.2, 0) is 13.5 Å². The van der Waals surface area contributed by atoms with E-state index >= 15 is 0 Å². The zero-order valence-electron chi connectivity index (χ0n) is 10.5. The predicted molar refractivity (Wildman–Crippen MR) is 69.7 cm³/mol. The van der Waals surface area contributed by atoms with Crippen LogP contribution in [0.5, 0.6) is 0 Å². The molecule has 0 aromatic carbocycles. The van der Waals surface area contributed by atoms with Crippen molar-refractivity contribution in [2.24, 2.45) is 18.8 Å². The zero-order valence-corrected chi connectivity index (χ0v) is 11.3. The molecule has 1 aliphatic carbocycles. The van der Waals surface area contributed by atoms with Gasteiger partial charge in [-0.3, -0.25) is 16.0 Å². The molecule has 0 saturated heterocycles. The van der Waals surface area contributed by atoms with E-state index < -0.39 is 0 Å². The highest BCUT2D eigenvalue weighted by atomic mass is 35.5. The van der Waals surface area contributed by atoms with E-state index in [0.29, 0.717) is 12.0 Å². The van der Waals surface area contributed by atoms with Gasteiger partial charge in [0, 0.05) is 18.7 Å². The Bertz CT molecular complexity index is 382. The lowest BCUT2D eigenvalue weighted by Crippen LogP contribution is -2.41. The molecule has 2 rings (SSSR count). The standard InChI is InChI=1S/C12H21ClN4/c1-8-10(12(13)17(2)16-8)7-11(15-14)9-5-3-4-6-9/h9,11,15H,3-7,14H2,1-2H3. The Morgan fingerprint density at radius 2 is 2.18 bits per heavy atom. The second kappa shape index (κ2) is 5.38. The molecule has 0 bridgehead atoms. The third-order valence-electron chi connectivity index (χ3n) is 3.88. The van der Waals surface area contributed by atoms with Gasteiger partial charge in [0.2, 0.25) is 0 Å². The van der Waals surface area contributed by atoms with Gasteiger partial charge in [0.05, 0.1) is 5.69 Å². The van der Waals surface area contributed by atoms with Gasteiger partial charge in [-0.2, -0.15) is 5.10 Å². The summed E-state index contributed by atoms with van der Waals surface area (Å²) in [6.07, 6.45) is 6.06. The molecule has 1 saturated carbocycles. The summed E-state index contributed by atoms with van der Waals surface area (Å²) in [5.41, 5.74) is 5.10.